The van der Waals surface area contributed by atoms with Gasteiger partial charge in [0.25, 0.3) is 0 Å². The Morgan fingerprint density at radius 3 is 1.20 bits per heavy atom. The standard InChI is InChI=1S/H4N2O.H3NO/c1-3-2;1-2/h1-2H2;2H,1H2. The monoisotopic (exact) mass is 81.1 g/mol. The van der Waals surface area contributed by atoms with Crippen LogP contribution in [0.3, 0.4) is 0 Å². The maximum Gasteiger partial charge on any atom is -0.196 e. The normalized spacial score (nSPS) is 4.80. The topological polar surface area (TPSA) is 108 Å². The molecule has 7 N–H and O–H groups in total. The van der Waals surface area contributed by atoms with Gasteiger partial charge in [0, 0.05) is 0 Å². The van der Waals surface area contributed by atoms with Crippen LogP contribution in [0.2, 0.25) is 0 Å². The zero-order chi connectivity index (χ0) is 4.71. The maximum atomic E-state index is 6.50. The molecule has 0 saturated carbocycles. The van der Waals surface area contributed by atoms with Gasteiger partial charge in [0.15, 0.2) is 0 Å². The summed E-state index contributed by atoms with van der Waals surface area (Å²) in [5.74, 6) is 11.8. The second-order valence-electron chi connectivity index (χ2n) is 0.136. The van der Waals surface area contributed by atoms with Crippen molar-refractivity contribution in [3.8, 4) is 0 Å². The Morgan fingerprint density at radius 1 is 1.20 bits per heavy atom. The highest BCUT2D eigenvalue weighted by atomic mass is 16.7. The van der Waals surface area contributed by atoms with Gasteiger partial charge in [0.05, 0.1) is 0 Å². The highest BCUT2D eigenvalue weighted by Crippen LogP contribution is 0.949. The molecule has 5 heavy (non-hydrogen) atoms. The summed E-state index contributed by atoms with van der Waals surface area (Å²) in [6.45, 7) is 0. The van der Waals surface area contributed by atoms with E-state index in [1.165, 1.54) is 0 Å². The Morgan fingerprint density at radius 2 is 1.20 bits per heavy atom. The van der Waals surface area contributed by atoms with E-state index in [9.17, 15) is 0 Å². The molecular formula is H7N3O2. The van der Waals surface area contributed by atoms with Crippen molar-refractivity contribution in [3.05, 3.63) is 0 Å². The lowest BCUT2D eigenvalue weighted by atomic mass is 13.3. The fraction of sp³-hybridized carbons (Fsp3) is 0. The first-order valence-electron chi connectivity index (χ1n) is 0.730. The molecule has 0 rings (SSSR count). The van der Waals surface area contributed by atoms with Gasteiger partial charge < -0.3 is 5.21 Å². The van der Waals surface area contributed by atoms with Crippen molar-refractivity contribution < 1.29 is 10.1 Å². The Hall–Kier alpha value is -0.200. The average molecular weight is 81.1 g/mol. The SMILES string of the molecule is NO.NON. The quantitative estimate of drug-likeness (QED) is 0.254. The van der Waals surface area contributed by atoms with Crippen LogP contribution in [0.15, 0.2) is 0 Å². The van der Waals surface area contributed by atoms with Crippen LogP contribution in [0.5, 0.6) is 0 Å². The van der Waals surface area contributed by atoms with Crippen molar-refractivity contribution >= 4 is 0 Å². The first-order chi connectivity index (χ1) is 2.41. The molecule has 0 atom stereocenters. The lowest BCUT2D eigenvalue weighted by molar-refractivity contribution is 0.142. The van der Waals surface area contributed by atoms with Gasteiger partial charge in [-0.3, -0.25) is 0 Å². The van der Waals surface area contributed by atoms with Crippen LogP contribution in [-0.2, 0) is 4.94 Å². The smallest absolute Gasteiger partial charge is 0.196 e. The number of hydrogen-bond donors (Lipinski definition) is 4. The van der Waals surface area contributed by atoms with Gasteiger partial charge in [0.1, 0.15) is 0 Å². The lowest BCUT2D eigenvalue weighted by Crippen LogP contribution is -2.03. The van der Waals surface area contributed by atoms with E-state index in [1.807, 2.05) is 0 Å². The molecule has 0 aliphatic carbocycles. The predicted octanol–water partition coefficient (Wildman–Crippen LogP) is -1.92. The number of hydrogen-bond acceptors (Lipinski definition) is 5. The molecule has 5 nitrogen and oxygen atoms in total. The average Bonchev–Trinajstić information content (AvgIpc) is 1.46. The van der Waals surface area contributed by atoms with Gasteiger partial charge in [-0.15, -0.1) is 0 Å². The molecule has 0 fully saturated rings. The Labute approximate surface area is 29.2 Å². The molecule has 0 amide bonds. The predicted molar refractivity (Wildman–Crippen MR) is 15.4 cm³/mol. The number of nitrogens with two attached hydrogens (primary N) is 3. The molecular weight excluding hydrogens is 74.0 g/mol. The van der Waals surface area contributed by atoms with E-state index in [2.05, 4.69) is 22.6 Å². The summed E-state index contributed by atoms with van der Waals surface area (Å²) in [7, 11) is 0. The van der Waals surface area contributed by atoms with E-state index in [4.69, 9.17) is 5.21 Å². The largest absolute Gasteiger partial charge is 0.320 e. The van der Waals surface area contributed by atoms with Crippen LogP contribution in [-0.4, -0.2) is 5.21 Å². The molecule has 0 aliphatic heterocycles. The van der Waals surface area contributed by atoms with Gasteiger partial charge in [0.2, 0.25) is 0 Å². The third-order valence-electron chi connectivity index (χ3n) is 0. The fourth-order valence-electron chi connectivity index (χ4n) is 0. The van der Waals surface area contributed by atoms with Gasteiger partial charge in [-0.25, -0.2) is 10.8 Å². The minimum atomic E-state index is 3.25. The highest BCUT2D eigenvalue weighted by Gasteiger charge is 1.21. The molecule has 0 radical (unpaired) electrons. The molecule has 0 aliphatic rings. The van der Waals surface area contributed by atoms with Crippen molar-refractivity contribution in [2.45, 2.75) is 0 Å². The van der Waals surface area contributed by atoms with Gasteiger partial charge in [-0.2, -0.15) is 11.8 Å². The zero-order valence-corrected chi connectivity index (χ0v) is 2.59. The maximum absolute atomic E-state index is 6.50. The molecule has 0 spiro atoms. The molecule has 0 unspecified atom stereocenters. The Bertz CT molecular complexity index is 4.85. The fourth-order valence-corrected chi connectivity index (χ4v) is 0. The summed E-state index contributed by atoms with van der Waals surface area (Å²) in [5.41, 5.74) is 0. The minimum absolute atomic E-state index is 3.25. The Kier molecular flexibility index (Phi) is 82.3. The van der Waals surface area contributed by atoms with Crippen LogP contribution in [0.4, 0.5) is 0 Å². The molecule has 0 heterocycles. The summed E-state index contributed by atoms with van der Waals surface area (Å²) < 4.78 is 0. The first kappa shape index (κ1) is 8.84. The summed E-state index contributed by atoms with van der Waals surface area (Å²) in [4.78, 5) is 3.25. The molecule has 0 saturated heterocycles. The van der Waals surface area contributed by atoms with E-state index in [1.54, 1.807) is 0 Å². The number of rotatable bonds is 0. The third kappa shape index (κ3) is 308. The van der Waals surface area contributed by atoms with Gasteiger partial charge in [-0.1, -0.05) is 0 Å². The van der Waals surface area contributed by atoms with Gasteiger partial charge >= 0.3 is 0 Å². The van der Waals surface area contributed by atoms with E-state index < -0.39 is 0 Å². The molecule has 5 heteroatoms. The van der Waals surface area contributed by atoms with E-state index in [0.29, 0.717) is 0 Å². The van der Waals surface area contributed by atoms with Crippen molar-refractivity contribution in [1.82, 2.24) is 0 Å². The highest BCUT2D eigenvalue weighted by molar-refractivity contribution is 3.21. The minimum Gasteiger partial charge on any atom is -0.320 e. The molecule has 0 aromatic carbocycles. The van der Waals surface area contributed by atoms with Crippen LogP contribution in [0.25, 0.3) is 0 Å². The molecule has 0 aromatic rings. The van der Waals surface area contributed by atoms with E-state index >= 15 is 0 Å². The second-order valence-corrected chi connectivity index (χ2v) is 0.136. The summed E-state index contributed by atoms with van der Waals surface area (Å²) >= 11 is 0. The van der Waals surface area contributed by atoms with Gasteiger partial charge in [-0.05, 0) is 0 Å². The van der Waals surface area contributed by atoms with Crippen molar-refractivity contribution in [2.75, 3.05) is 0 Å². The van der Waals surface area contributed by atoms with Crippen molar-refractivity contribution in [3.63, 3.8) is 0 Å². The summed E-state index contributed by atoms with van der Waals surface area (Å²) in [5, 5.41) is 6.50. The zero-order valence-electron chi connectivity index (χ0n) is 2.59. The second kappa shape index (κ2) is 46.5. The van der Waals surface area contributed by atoms with E-state index in [-0.39, 0.29) is 0 Å². The summed E-state index contributed by atoms with van der Waals surface area (Å²) in [6.07, 6.45) is 0. The van der Waals surface area contributed by atoms with Crippen molar-refractivity contribution in [2.24, 2.45) is 17.7 Å². The van der Waals surface area contributed by atoms with Crippen LogP contribution in [0.1, 0.15) is 0 Å². The van der Waals surface area contributed by atoms with Crippen LogP contribution < -0.4 is 17.7 Å². The van der Waals surface area contributed by atoms with Crippen molar-refractivity contribution in [1.29, 1.82) is 0 Å². The lowest BCUT2D eigenvalue weighted by Gasteiger charge is -1.62. The van der Waals surface area contributed by atoms with E-state index in [0.717, 1.165) is 0 Å². The third-order valence-corrected chi connectivity index (χ3v) is 0. The Balaban J connectivity index is 0. The molecule has 0 aromatic heterocycles. The summed E-state index contributed by atoms with van der Waals surface area (Å²) in [6, 6.07) is 0. The first-order valence-corrected chi connectivity index (χ1v) is 0.730. The molecule has 34 valence electrons. The van der Waals surface area contributed by atoms with Crippen LogP contribution in [0, 0.1) is 0 Å². The van der Waals surface area contributed by atoms with Crippen LogP contribution >= 0.6 is 0 Å². The molecule has 0 bridgehead atoms.